The second-order valence-corrected chi connectivity index (χ2v) is 10.4. The predicted octanol–water partition coefficient (Wildman–Crippen LogP) is 8.21. The van der Waals surface area contributed by atoms with Crippen molar-refractivity contribution in [2.75, 3.05) is 0 Å². The summed E-state index contributed by atoms with van der Waals surface area (Å²) in [5.74, 6) is 1.37. The molecule has 0 unspecified atom stereocenters. The Bertz CT molecular complexity index is 2130. The zero-order valence-electron chi connectivity index (χ0n) is 23.2. The van der Waals surface area contributed by atoms with Crippen LogP contribution in [-0.2, 0) is 6.54 Å². The highest BCUT2D eigenvalue weighted by atomic mass is 15.4. The van der Waals surface area contributed by atoms with E-state index in [0.29, 0.717) is 18.2 Å². The zero-order chi connectivity index (χ0) is 28.6. The van der Waals surface area contributed by atoms with Crippen LogP contribution < -0.4 is 0 Å². The van der Waals surface area contributed by atoms with Gasteiger partial charge in [0, 0.05) is 34.4 Å². The number of fused-ring (bicyclic) bond motifs is 3. The third kappa shape index (κ3) is 4.55. The molecule has 8 aromatic rings. The highest BCUT2D eigenvalue weighted by molar-refractivity contribution is 6.09. The molecule has 4 aromatic heterocycles. The minimum atomic E-state index is 0.510. The number of pyridine rings is 2. The molecule has 0 aliphatic carbocycles. The largest absolute Gasteiger partial charge is 0.309 e. The van der Waals surface area contributed by atoms with Crippen molar-refractivity contribution in [1.29, 1.82) is 0 Å². The van der Waals surface area contributed by atoms with Gasteiger partial charge in [-0.25, -0.2) is 9.67 Å². The molecule has 6 heteroatoms. The monoisotopic (exact) mass is 554 g/mol. The zero-order valence-corrected chi connectivity index (χ0v) is 23.2. The molecule has 0 radical (unpaired) electrons. The third-order valence-electron chi connectivity index (χ3n) is 7.79. The second-order valence-electron chi connectivity index (χ2n) is 10.4. The van der Waals surface area contributed by atoms with Crippen molar-refractivity contribution in [3.63, 3.8) is 0 Å². The van der Waals surface area contributed by atoms with Crippen molar-refractivity contribution in [3.05, 3.63) is 152 Å². The van der Waals surface area contributed by atoms with Gasteiger partial charge in [-0.3, -0.25) is 9.97 Å². The van der Waals surface area contributed by atoms with Crippen molar-refractivity contribution in [2.45, 2.75) is 6.54 Å². The molecule has 0 bridgehead atoms. The van der Waals surface area contributed by atoms with Crippen LogP contribution in [0.15, 0.2) is 146 Å². The van der Waals surface area contributed by atoms with Gasteiger partial charge in [-0.15, -0.1) is 5.10 Å². The average molecular weight is 555 g/mol. The molecule has 0 saturated carbocycles. The Morgan fingerprint density at radius 3 is 1.72 bits per heavy atom. The summed E-state index contributed by atoms with van der Waals surface area (Å²) >= 11 is 0. The molecule has 6 nitrogen and oxygen atoms in total. The van der Waals surface area contributed by atoms with E-state index >= 15 is 0 Å². The Hall–Kier alpha value is -5.88. The molecule has 0 atom stereocenters. The van der Waals surface area contributed by atoms with Crippen molar-refractivity contribution in [1.82, 2.24) is 29.3 Å². The molecule has 0 spiro atoms. The second kappa shape index (κ2) is 10.5. The quantitative estimate of drug-likeness (QED) is 0.208. The van der Waals surface area contributed by atoms with E-state index in [1.54, 1.807) is 12.4 Å². The standard InChI is InChI=1S/C37H26N6/c1-3-13-34-31(10-1)32-11-2-4-14-35(32)43(34)30-21-19-27(20-22-30)26-15-17-28(18-16-26)36-40-37(33-12-6-8-24-39-33)42(41-36)25-29-9-5-7-23-38-29/h1-24H,25H2. The molecule has 0 amide bonds. The number of hydrogen-bond donors (Lipinski definition) is 0. The summed E-state index contributed by atoms with van der Waals surface area (Å²) in [6.45, 7) is 0.510. The molecule has 204 valence electrons. The predicted molar refractivity (Wildman–Crippen MR) is 172 cm³/mol. The maximum Gasteiger partial charge on any atom is 0.181 e. The van der Waals surface area contributed by atoms with Gasteiger partial charge in [0.1, 0.15) is 5.69 Å². The summed E-state index contributed by atoms with van der Waals surface area (Å²) in [4.78, 5) is 13.9. The van der Waals surface area contributed by atoms with Crippen LogP contribution in [0.25, 0.3) is 61.5 Å². The molecule has 0 aliphatic heterocycles. The summed E-state index contributed by atoms with van der Waals surface area (Å²) in [5, 5.41) is 7.39. The normalized spacial score (nSPS) is 11.3. The van der Waals surface area contributed by atoms with Gasteiger partial charge >= 0.3 is 0 Å². The smallest absolute Gasteiger partial charge is 0.181 e. The fraction of sp³-hybridized carbons (Fsp3) is 0.0270. The maximum absolute atomic E-state index is 4.90. The lowest BCUT2D eigenvalue weighted by Gasteiger charge is -2.09. The Balaban J connectivity index is 1.11. The van der Waals surface area contributed by atoms with Gasteiger partial charge in [0.05, 0.1) is 23.3 Å². The topological polar surface area (TPSA) is 61.4 Å². The van der Waals surface area contributed by atoms with Crippen LogP contribution in [0.4, 0.5) is 0 Å². The Morgan fingerprint density at radius 2 is 1.09 bits per heavy atom. The van der Waals surface area contributed by atoms with Crippen molar-refractivity contribution >= 4 is 21.8 Å². The molecule has 43 heavy (non-hydrogen) atoms. The van der Waals surface area contributed by atoms with Gasteiger partial charge in [-0.2, -0.15) is 0 Å². The highest BCUT2D eigenvalue weighted by Gasteiger charge is 2.16. The van der Waals surface area contributed by atoms with E-state index < -0.39 is 0 Å². The van der Waals surface area contributed by atoms with E-state index in [1.807, 2.05) is 41.1 Å². The van der Waals surface area contributed by atoms with E-state index in [4.69, 9.17) is 10.1 Å². The lowest BCUT2D eigenvalue weighted by molar-refractivity contribution is 0.679. The van der Waals surface area contributed by atoms with Crippen LogP contribution >= 0.6 is 0 Å². The first-order chi connectivity index (χ1) is 21.3. The SMILES string of the molecule is c1ccc(Cn2nc(-c3ccc(-c4ccc(-n5c6ccccc6c6ccccc65)cc4)cc3)nc2-c2ccccn2)nc1. The summed E-state index contributed by atoms with van der Waals surface area (Å²) < 4.78 is 4.21. The van der Waals surface area contributed by atoms with Crippen molar-refractivity contribution < 1.29 is 0 Å². The van der Waals surface area contributed by atoms with Gasteiger partial charge in [0.15, 0.2) is 11.6 Å². The minimum absolute atomic E-state index is 0.510. The number of aromatic nitrogens is 6. The molecule has 0 aliphatic rings. The van der Waals surface area contributed by atoms with E-state index in [1.165, 1.54) is 21.8 Å². The molecule has 8 rings (SSSR count). The van der Waals surface area contributed by atoms with E-state index in [-0.39, 0.29) is 0 Å². The molecule has 0 saturated heterocycles. The van der Waals surface area contributed by atoms with Crippen LogP contribution in [0.5, 0.6) is 0 Å². The lowest BCUT2D eigenvalue weighted by Crippen LogP contribution is -2.06. The maximum atomic E-state index is 4.90. The first-order valence-electron chi connectivity index (χ1n) is 14.3. The van der Waals surface area contributed by atoms with Gasteiger partial charge in [0.2, 0.25) is 0 Å². The first kappa shape index (κ1) is 24.9. The summed E-state index contributed by atoms with van der Waals surface area (Å²) in [7, 11) is 0. The van der Waals surface area contributed by atoms with Crippen LogP contribution in [0.2, 0.25) is 0 Å². The Labute approximate surface area is 248 Å². The van der Waals surface area contributed by atoms with Crippen LogP contribution in [0, 0.1) is 0 Å². The van der Waals surface area contributed by atoms with Gasteiger partial charge < -0.3 is 4.57 Å². The number of hydrogen-bond acceptors (Lipinski definition) is 4. The van der Waals surface area contributed by atoms with E-state index in [0.717, 1.165) is 33.8 Å². The average Bonchev–Trinajstić information content (AvgIpc) is 3.65. The molecule has 4 aromatic carbocycles. The van der Waals surface area contributed by atoms with Crippen LogP contribution in [0.1, 0.15) is 5.69 Å². The third-order valence-corrected chi connectivity index (χ3v) is 7.79. The van der Waals surface area contributed by atoms with Crippen molar-refractivity contribution in [2.24, 2.45) is 0 Å². The molecular formula is C37H26N6. The number of nitrogens with zero attached hydrogens (tertiary/aromatic N) is 6. The summed E-state index contributed by atoms with van der Waals surface area (Å²) in [5.41, 5.74) is 8.48. The van der Waals surface area contributed by atoms with Gasteiger partial charge in [0.25, 0.3) is 0 Å². The fourth-order valence-corrected chi connectivity index (χ4v) is 5.72. The van der Waals surface area contributed by atoms with Crippen LogP contribution in [-0.4, -0.2) is 29.3 Å². The highest BCUT2D eigenvalue weighted by Crippen LogP contribution is 2.33. The minimum Gasteiger partial charge on any atom is -0.309 e. The number of benzene rings is 4. The van der Waals surface area contributed by atoms with Crippen LogP contribution in [0.3, 0.4) is 0 Å². The molecular weight excluding hydrogens is 528 g/mol. The van der Waals surface area contributed by atoms with Crippen molar-refractivity contribution in [3.8, 4) is 39.7 Å². The summed E-state index contributed by atoms with van der Waals surface area (Å²) in [6.07, 6.45) is 3.57. The fourth-order valence-electron chi connectivity index (χ4n) is 5.72. The number of para-hydroxylation sites is 2. The summed E-state index contributed by atoms with van der Waals surface area (Å²) in [6, 6.07) is 46.1. The first-order valence-corrected chi connectivity index (χ1v) is 14.3. The van der Waals surface area contributed by atoms with Gasteiger partial charge in [-0.1, -0.05) is 84.9 Å². The lowest BCUT2D eigenvalue weighted by atomic mass is 10.0. The molecule has 0 N–H and O–H groups in total. The van der Waals surface area contributed by atoms with Gasteiger partial charge in [-0.05, 0) is 59.7 Å². The van der Waals surface area contributed by atoms with E-state index in [9.17, 15) is 0 Å². The molecule has 0 fully saturated rings. The molecule has 4 heterocycles. The number of rotatable bonds is 6. The Kier molecular flexibility index (Phi) is 6.08. The Morgan fingerprint density at radius 1 is 0.512 bits per heavy atom. The van der Waals surface area contributed by atoms with E-state index in [2.05, 4.69) is 112 Å².